The lowest BCUT2D eigenvalue weighted by molar-refractivity contribution is -0.138. The fourth-order valence-corrected chi connectivity index (χ4v) is 3.32. The summed E-state index contributed by atoms with van der Waals surface area (Å²) in [5.41, 5.74) is 0.773. The third-order valence-electron chi connectivity index (χ3n) is 4.06. The third-order valence-corrected chi connectivity index (χ3v) is 4.60. The quantitative estimate of drug-likeness (QED) is 0.762. The minimum absolute atomic E-state index is 0.00976. The Morgan fingerprint density at radius 2 is 1.96 bits per heavy atom. The van der Waals surface area contributed by atoms with E-state index < -0.39 is 11.8 Å². The number of amides is 2. The van der Waals surface area contributed by atoms with E-state index in [0.29, 0.717) is 16.3 Å². The summed E-state index contributed by atoms with van der Waals surface area (Å²) in [6.07, 6.45) is 1.48. The maximum absolute atomic E-state index is 13.0. The van der Waals surface area contributed by atoms with Crippen LogP contribution in [0.4, 0.5) is 0 Å². The summed E-state index contributed by atoms with van der Waals surface area (Å²) in [5, 5.41) is 9.93. The second-order valence-corrected chi connectivity index (χ2v) is 6.61. The molecule has 2 amide bonds. The van der Waals surface area contributed by atoms with Gasteiger partial charge in [0, 0.05) is 24.2 Å². The van der Waals surface area contributed by atoms with Crippen LogP contribution in [0, 0.1) is 0 Å². The zero-order valence-corrected chi connectivity index (χ0v) is 15.4. The molecule has 1 aromatic carbocycles. The van der Waals surface area contributed by atoms with Gasteiger partial charge in [0.25, 0.3) is 11.8 Å². The van der Waals surface area contributed by atoms with Crippen molar-refractivity contribution in [1.29, 1.82) is 0 Å². The Labute approximate surface area is 160 Å². The summed E-state index contributed by atoms with van der Waals surface area (Å²) >= 11 is 12.2. The summed E-state index contributed by atoms with van der Waals surface area (Å²) in [4.78, 5) is 28.6. The lowest BCUT2D eigenvalue weighted by Gasteiger charge is -2.20. The van der Waals surface area contributed by atoms with Crippen LogP contribution >= 0.6 is 23.2 Å². The van der Waals surface area contributed by atoms with Gasteiger partial charge in [-0.05, 0) is 24.3 Å². The molecular weight excluding hydrogens is 379 g/mol. The third kappa shape index (κ3) is 3.35. The van der Waals surface area contributed by atoms with Gasteiger partial charge in [0.1, 0.15) is 11.5 Å². The van der Waals surface area contributed by atoms with E-state index in [-0.39, 0.29) is 36.0 Å². The molecule has 8 heteroatoms. The Morgan fingerprint density at radius 3 is 2.58 bits per heavy atom. The predicted molar refractivity (Wildman–Crippen MR) is 97.4 cm³/mol. The zero-order chi connectivity index (χ0) is 18.8. The molecule has 1 aromatic heterocycles. The Balaban J connectivity index is 2.08. The molecular formula is C18H16Cl2N2O4. The number of hydrogen-bond donors (Lipinski definition) is 1. The molecule has 1 aliphatic rings. The van der Waals surface area contributed by atoms with Gasteiger partial charge in [-0.1, -0.05) is 29.3 Å². The van der Waals surface area contributed by atoms with Gasteiger partial charge in [0.15, 0.2) is 0 Å². The maximum atomic E-state index is 13.0. The molecule has 2 heterocycles. The number of halogens is 2. The molecule has 3 rings (SSSR count). The average molecular weight is 395 g/mol. The van der Waals surface area contributed by atoms with Gasteiger partial charge in [-0.25, -0.2) is 0 Å². The van der Waals surface area contributed by atoms with Crippen LogP contribution in [0.2, 0.25) is 10.0 Å². The summed E-state index contributed by atoms with van der Waals surface area (Å²) in [6, 6.07) is 8.09. The molecule has 0 aliphatic carbocycles. The number of furan rings is 1. The van der Waals surface area contributed by atoms with Crippen molar-refractivity contribution < 1.29 is 19.1 Å². The monoisotopic (exact) mass is 394 g/mol. The van der Waals surface area contributed by atoms with Crippen molar-refractivity contribution >= 4 is 40.6 Å². The van der Waals surface area contributed by atoms with Gasteiger partial charge in [-0.2, -0.15) is 0 Å². The lowest BCUT2D eigenvalue weighted by atomic mass is 10.0. The molecule has 0 atom stereocenters. The molecule has 0 spiro atoms. The number of nitrogens with zero attached hydrogens (tertiary/aromatic N) is 2. The molecule has 136 valence electrons. The van der Waals surface area contributed by atoms with E-state index >= 15 is 0 Å². The van der Waals surface area contributed by atoms with Crippen LogP contribution in [0.5, 0.6) is 0 Å². The number of imide groups is 1. The number of hydrogen-bond acceptors (Lipinski definition) is 5. The van der Waals surface area contributed by atoms with Crippen molar-refractivity contribution in [1.82, 2.24) is 9.80 Å². The molecule has 26 heavy (non-hydrogen) atoms. The number of likely N-dealkylation sites (N-methyl/N-ethyl adjacent to an activating group) is 1. The molecule has 0 unspecified atom stereocenters. The fraction of sp³-hybridized carbons (Fsp3) is 0.222. The highest BCUT2D eigenvalue weighted by Gasteiger charge is 2.41. The molecule has 0 fully saturated rings. The standard InChI is InChI=1S/C18H16Cl2N2O4/c1-21(6-7-23)16-15(13-5-4-11(19)9-14(13)20)17(24)22(18(16)25)10-12-3-2-8-26-12/h2-5,8-9,23H,6-7,10H2,1H3. The van der Waals surface area contributed by atoms with E-state index in [2.05, 4.69) is 0 Å². The number of rotatable bonds is 6. The van der Waals surface area contributed by atoms with Crippen LogP contribution in [-0.2, 0) is 16.1 Å². The van der Waals surface area contributed by atoms with Gasteiger partial charge < -0.3 is 14.4 Å². The van der Waals surface area contributed by atoms with E-state index in [9.17, 15) is 14.7 Å². The average Bonchev–Trinajstić information content (AvgIpc) is 3.18. The molecule has 6 nitrogen and oxygen atoms in total. The molecule has 1 N–H and O–H groups in total. The number of aliphatic hydroxyl groups is 1. The van der Waals surface area contributed by atoms with Crippen LogP contribution in [0.15, 0.2) is 46.7 Å². The highest BCUT2D eigenvalue weighted by atomic mass is 35.5. The van der Waals surface area contributed by atoms with Crippen LogP contribution < -0.4 is 0 Å². The molecule has 2 aromatic rings. The van der Waals surface area contributed by atoms with E-state index in [1.807, 2.05) is 0 Å². The first-order valence-electron chi connectivity index (χ1n) is 7.84. The summed E-state index contributed by atoms with van der Waals surface area (Å²) in [6.45, 7) is 0.0365. The summed E-state index contributed by atoms with van der Waals surface area (Å²) in [7, 11) is 1.64. The van der Waals surface area contributed by atoms with Gasteiger partial charge in [0.05, 0.1) is 30.0 Å². The Bertz CT molecular complexity index is 877. The maximum Gasteiger partial charge on any atom is 0.278 e. The first kappa shape index (κ1) is 18.5. The van der Waals surface area contributed by atoms with Gasteiger partial charge in [-0.15, -0.1) is 0 Å². The van der Waals surface area contributed by atoms with E-state index in [1.165, 1.54) is 12.3 Å². The first-order valence-corrected chi connectivity index (χ1v) is 8.60. The highest BCUT2D eigenvalue weighted by molar-refractivity contribution is 6.41. The Kier molecular flexibility index (Phi) is 5.36. The topological polar surface area (TPSA) is 74.0 Å². The molecule has 1 aliphatic heterocycles. The Hall–Kier alpha value is -2.28. The zero-order valence-electron chi connectivity index (χ0n) is 13.9. The summed E-state index contributed by atoms with van der Waals surface area (Å²) in [5.74, 6) is -0.460. The normalized spacial score (nSPS) is 14.5. The fourth-order valence-electron chi connectivity index (χ4n) is 2.82. The van der Waals surface area contributed by atoms with Gasteiger partial charge in [-0.3, -0.25) is 14.5 Å². The van der Waals surface area contributed by atoms with Crippen molar-refractivity contribution in [2.24, 2.45) is 0 Å². The Morgan fingerprint density at radius 1 is 1.19 bits per heavy atom. The van der Waals surface area contributed by atoms with Crippen molar-refractivity contribution in [3.05, 3.63) is 63.7 Å². The van der Waals surface area contributed by atoms with Crippen molar-refractivity contribution in [3.63, 3.8) is 0 Å². The minimum Gasteiger partial charge on any atom is -0.467 e. The van der Waals surface area contributed by atoms with Gasteiger partial charge in [0.2, 0.25) is 0 Å². The number of aliphatic hydroxyl groups excluding tert-OH is 1. The van der Waals surface area contributed by atoms with E-state index in [1.54, 1.807) is 36.2 Å². The van der Waals surface area contributed by atoms with Crippen molar-refractivity contribution in [2.75, 3.05) is 20.2 Å². The minimum atomic E-state index is -0.476. The van der Waals surface area contributed by atoms with Crippen LogP contribution in [0.3, 0.4) is 0 Å². The van der Waals surface area contributed by atoms with E-state index in [0.717, 1.165) is 4.90 Å². The number of carbonyl (C=O) groups excluding carboxylic acids is 2. The first-order chi connectivity index (χ1) is 12.4. The second kappa shape index (κ2) is 7.53. The van der Waals surface area contributed by atoms with Crippen LogP contribution in [0.1, 0.15) is 11.3 Å². The largest absolute Gasteiger partial charge is 0.467 e. The predicted octanol–water partition coefficient (Wildman–Crippen LogP) is 2.79. The molecule has 0 saturated heterocycles. The van der Waals surface area contributed by atoms with Crippen LogP contribution in [-0.4, -0.2) is 46.9 Å². The number of carbonyl (C=O) groups is 2. The SMILES string of the molecule is CN(CCO)C1=C(c2ccc(Cl)cc2Cl)C(=O)N(Cc2ccco2)C1=O. The van der Waals surface area contributed by atoms with Crippen molar-refractivity contribution in [2.45, 2.75) is 6.54 Å². The molecule has 0 saturated carbocycles. The highest BCUT2D eigenvalue weighted by Crippen LogP contribution is 2.36. The van der Waals surface area contributed by atoms with Crippen molar-refractivity contribution in [3.8, 4) is 0 Å². The summed E-state index contributed by atoms with van der Waals surface area (Å²) < 4.78 is 5.25. The van der Waals surface area contributed by atoms with E-state index in [4.69, 9.17) is 27.6 Å². The number of benzene rings is 1. The smallest absolute Gasteiger partial charge is 0.278 e. The molecule has 0 bridgehead atoms. The lowest BCUT2D eigenvalue weighted by Crippen LogP contribution is -2.34. The molecule has 0 radical (unpaired) electrons. The van der Waals surface area contributed by atoms with Gasteiger partial charge >= 0.3 is 0 Å². The van der Waals surface area contributed by atoms with Crippen LogP contribution in [0.25, 0.3) is 5.57 Å². The second-order valence-electron chi connectivity index (χ2n) is 5.77.